The molecule has 2 heterocycles. The fourth-order valence-corrected chi connectivity index (χ4v) is 6.73. The van der Waals surface area contributed by atoms with E-state index in [0.29, 0.717) is 11.4 Å². The van der Waals surface area contributed by atoms with Crippen LogP contribution in [-0.4, -0.2) is 50.1 Å². The lowest BCUT2D eigenvalue weighted by Crippen LogP contribution is -2.23. The van der Waals surface area contributed by atoms with Crippen LogP contribution in [-0.2, 0) is 29.3 Å². The lowest BCUT2D eigenvalue weighted by atomic mass is 10.4. The third-order valence-corrected chi connectivity index (χ3v) is 9.39. The Morgan fingerprint density at radius 1 is 0.639 bits per heavy atom. The van der Waals surface area contributed by atoms with Crippen LogP contribution in [0.25, 0.3) is 11.4 Å². The zero-order valence-electron chi connectivity index (χ0n) is 18.3. The van der Waals surface area contributed by atoms with Crippen molar-refractivity contribution in [2.24, 2.45) is 0 Å². The molecular formula is C22H18N4O6S4. The van der Waals surface area contributed by atoms with Crippen LogP contribution in [0.15, 0.2) is 81.2 Å². The van der Waals surface area contributed by atoms with Gasteiger partial charge in [-0.3, -0.25) is 9.59 Å². The molecule has 0 fully saturated rings. The molecule has 0 bridgehead atoms. The SMILES string of the molecule is O=C(CS(=O)(=O)c1ccccc1)Nc1nc(-c2csc(NC(=O)CS(=O)(=O)c3ccccc3)n2)cs1. The van der Waals surface area contributed by atoms with Gasteiger partial charge in [0.2, 0.25) is 11.8 Å². The second-order valence-electron chi connectivity index (χ2n) is 7.32. The molecule has 0 atom stereocenters. The maximum Gasteiger partial charge on any atom is 0.241 e. The van der Waals surface area contributed by atoms with E-state index in [2.05, 4.69) is 20.6 Å². The molecule has 0 aliphatic heterocycles. The van der Waals surface area contributed by atoms with Gasteiger partial charge in [-0.1, -0.05) is 36.4 Å². The third-order valence-electron chi connectivity index (χ3n) is 4.61. The quantitative estimate of drug-likeness (QED) is 0.316. The lowest BCUT2D eigenvalue weighted by Gasteiger charge is -2.04. The van der Waals surface area contributed by atoms with E-state index < -0.39 is 43.0 Å². The van der Waals surface area contributed by atoms with Gasteiger partial charge in [-0.15, -0.1) is 22.7 Å². The molecule has 36 heavy (non-hydrogen) atoms. The summed E-state index contributed by atoms with van der Waals surface area (Å²) in [5.74, 6) is -2.92. The summed E-state index contributed by atoms with van der Waals surface area (Å²) in [6.45, 7) is 0. The lowest BCUT2D eigenvalue weighted by molar-refractivity contribution is -0.114. The molecule has 0 aliphatic carbocycles. The standard InChI is InChI=1S/C22H18N4O6S4/c27-19(13-35(29,30)15-7-3-1-4-8-15)25-21-23-17(11-33-21)18-12-34-22(24-18)26-20(28)14-36(31,32)16-9-5-2-6-10-16/h1-12H,13-14H2,(H,23,25,27)(H,24,26,28). The molecule has 2 aromatic carbocycles. The number of benzene rings is 2. The highest BCUT2D eigenvalue weighted by Gasteiger charge is 2.22. The Bertz CT molecular complexity index is 1480. The molecule has 14 heteroatoms. The van der Waals surface area contributed by atoms with E-state index in [0.717, 1.165) is 22.7 Å². The molecule has 0 spiro atoms. The molecule has 186 valence electrons. The third kappa shape index (κ3) is 6.40. The molecule has 4 aromatic rings. The van der Waals surface area contributed by atoms with Crippen LogP contribution in [0.4, 0.5) is 10.3 Å². The van der Waals surface area contributed by atoms with Gasteiger partial charge in [0.05, 0.1) is 9.79 Å². The zero-order valence-corrected chi connectivity index (χ0v) is 21.6. The number of sulfone groups is 2. The number of amides is 2. The molecule has 2 amide bonds. The fourth-order valence-electron chi connectivity index (χ4n) is 2.98. The van der Waals surface area contributed by atoms with Crippen LogP contribution in [0.5, 0.6) is 0 Å². The minimum absolute atomic E-state index is 0.0496. The number of hydrogen-bond acceptors (Lipinski definition) is 10. The van der Waals surface area contributed by atoms with Gasteiger partial charge >= 0.3 is 0 Å². The van der Waals surface area contributed by atoms with Crippen molar-refractivity contribution in [1.82, 2.24) is 9.97 Å². The van der Waals surface area contributed by atoms with Crippen molar-refractivity contribution in [2.45, 2.75) is 9.79 Å². The smallest absolute Gasteiger partial charge is 0.241 e. The van der Waals surface area contributed by atoms with Crippen LogP contribution in [0.2, 0.25) is 0 Å². The Kier molecular flexibility index (Phi) is 7.59. The van der Waals surface area contributed by atoms with Crippen molar-refractivity contribution >= 4 is 64.4 Å². The average molecular weight is 563 g/mol. The predicted octanol–water partition coefficient (Wildman–Crippen LogP) is 3.09. The van der Waals surface area contributed by atoms with Crippen molar-refractivity contribution in [1.29, 1.82) is 0 Å². The van der Waals surface area contributed by atoms with Gasteiger partial charge in [0.25, 0.3) is 0 Å². The van der Waals surface area contributed by atoms with Crippen molar-refractivity contribution in [3.05, 3.63) is 71.4 Å². The minimum Gasteiger partial charge on any atom is -0.301 e. The normalized spacial score (nSPS) is 11.7. The molecule has 0 saturated carbocycles. The molecule has 4 rings (SSSR count). The van der Waals surface area contributed by atoms with Gasteiger partial charge in [0.15, 0.2) is 29.9 Å². The number of carbonyl (C=O) groups excluding carboxylic acids is 2. The molecule has 0 saturated heterocycles. The summed E-state index contributed by atoms with van der Waals surface area (Å²) in [7, 11) is -7.59. The molecule has 0 unspecified atom stereocenters. The average Bonchev–Trinajstić information content (AvgIpc) is 3.49. The molecule has 10 nitrogen and oxygen atoms in total. The van der Waals surface area contributed by atoms with E-state index in [9.17, 15) is 26.4 Å². The maximum atomic E-state index is 12.4. The summed E-state index contributed by atoms with van der Waals surface area (Å²) < 4.78 is 49.4. The summed E-state index contributed by atoms with van der Waals surface area (Å²) in [5.41, 5.74) is 0.796. The summed E-state index contributed by atoms with van der Waals surface area (Å²) in [4.78, 5) is 33.1. The van der Waals surface area contributed by atoms with Gasteiger partial charge in [-0.25, -0.2) is 26.8 Å². The van der Waals surface area contributed by atoms with Crippen LogP contribution in [0.3, 0.4) is 0 Å². The first-order chi connectivity index (χ1) is 17.1. The number of anilines is 2. The highest BCUT2D eigenvalue weighted by atomic mass is 32.2. The van der Waals surface area contributed by atoms with E-state index in [1.807, 2.05) is 0 Å². The highest BCUT2D eigenvalue weighted by Crippen LogP contribution is 2.28. The Balaban J connectivity index is 1.36. The predicted molar refractivity (Wildman–Crippen MR) is 137 cm³/mol. The minimum atomic E-state index is -3.79. The first-order valence-corrected chi connectivity index (χ1v) is 15.3. The number of carbonyl (C=O) groups is 2. The van der Waals surface area contributed by atoms with Gasteiger partial charge in [-0.2, -0.15) is 0 Å². The second kappa shape index (κ2) is 10.7. The fraction of sp³-hybridized carbons (Fsp3) is 0.0909. The Hall–Kier alpha value is -3.46. The Morgan fingerprint density at radius 2 is 1.00 bits per heavy atom. The number of nitrogens with one attached hydrogen (secondary N) is 2. The topological polar surface area (TPSA) is 152 Å². The number of aromatic nitrogens is 2. The molecule has 0 aliphatic rings. The first kappa shape index (κ1) is 25.6. The van der Waals surface area contributed by atoms with Crippen molar-refractivity contribution in [3.63, 3.8) is 0 Å². The van der Waals surface area contributed by atoms with Crippen molar-refractivity contribution in [3.8, 4) is 11.4 Å². The van der Waals surface area contributed by atoms with Crippen LogP contribution in [0.1, 0.15) is 0 Å². The van der Waals surface area contributed by atoms with Gasteiger partial charge in [-0.05, 0) is 24.3 Å². The zero-order chi connectivity index (χ0) is 25.8. The van der Waals surface area contributed by atoms with Gasteiger partial charge in [0.1, 0.15) is 22.9 Å². The van der Waals surface area contributed by atoms with E-state index in [1.54, 1.807) is 47.2 Å². The van der Waals surface area contributed by atoms with Crippen LogP contribution < -0.4 is 10.6 Å². The Labute approximate surface area is 214 Å². The maximum absolute atomic E-state index is 12.4. The van der Waals surface area contributed by atoms with E-state index in [1.165, 1.54) is 24.3 Å². The molecular weight excluding hydrogens is 545 g/mol. The van der Waals surface area contributed by atoms with E-state index in [-0.39, 0.29) is 20.1 Å². The first-order valence-electron chi connectivity index (χ1n) is 10.2. The number of thiazole rings is 2. The second-order valence-corrected chi connectivity index (χ2v) is 13.0. The monoisotopic (exact) mass is 562 g/mol. The van der Waals surface area contributed by atoms with E-state index >= 15 is 0 Å². The molecule has 2 N–H and O–H groups in total. The van der Waals surface area contributed by atoms with Crippen LogP contribution in [0, 0.1) is 0 Å². The molecule has 0 radical (unpaired) electrons. The highest BCUT2D eigenvalue weighted by molar-refractivity contribution is 7.92. The van der Waals surface area contributed by atoms with E-state index in [4.69, 9.17) is 0 Å². The van der Waals surface area contributed by atoms with Gasteiger partial charge in [0, 0.05) is 10.8 Å². The van der Waals surface area contributed by atoms with Gasteiger partial charge < -0.3 is 10.6 Å². The summed E-state index contributed by atoms with van der Waals surface area (Å²) in [6, 6.07) is 15.3. The summed E-state index contributed by atoms with van der Waals surface area (Å²) >= 11 is 2.17. The number of nitrogens with zero attached hydrogens (tertiary/aromatic N) is 2. The molecule has 2 aromatic heterocycles. The van der Waals surface area contributed by atoms with Crippen molar-refractivity contribution in [2.75, 3.05) is 22.1 Å². The van der Waals surface area contributed by atoms with Crippen molar-refractivity contribution < 1.29 is 26.4 Å². The summed E-state index contributed by atoms with van der Waals surface area (Å²) in [6.07, 6.45) is 0. The summed E-state index contributed by atoms with van der Waals surface area (Å²) in [5, 5.41) is 8.53. The van der Waals surface area contributed by atoms with Crippen LogP contribution >= 0.6 is 22.7 Å². The Morgan fingerprint density at radius 3 is 1.36 bits per heavy atom. The number of rotatable bonds is 9. The number of hydrogen-bond donors (Lipinski definition) is 2. The largest absolute Gasteiger partial charge is 0.301 e.